The first-order valence-corrected chi connectivity index (χ1v) is 5.23. The lowest BCUT2D eigenvalue weighted by Gasteiger charge is -2.04. The summed E-state index contributed by atoms with van der Waals surface area (Å²) in [6.45, 7) is 0. The van der Waals surface area contributed by atoms with Gasteiger partial charge in [0.15, 0.2) is 5.69 Å². The molecule has 1 aromatic carbocycles. The zero-order valence-electron chi connectivity index (χ0n) is 9.85. The Kier molecular flexibility index (Phi) is 3.06. The smallest absolute Gasteiger partial charge is 0.357 e. The minimum Gasteiger partial charge on any atom is -0.476 e. The van der Waals surface area contributed by atoms with E-state index in [2.05, 4.69) is 5.10 Å². The number of benzene rings is 1. The molecule has 100 valence electrons. The van der Waals surface area contributed by atoms with Gasteiger partial charge in [0, 0.05) is 6.07 Å². The maximum Gasteiger partial charge on any atom is 0.357 e. The Balaban J connectivity index is 2.76. The Hall–Kier alpha value is -3.41. The number of hydrogen-bond donors (Lipinski definition) is 2. The van der Waals surface area contributed by atoms with Gasteiger partial charge in [-0.2, -0.15) is 10.4 Å². The van der Waals surface area contributed by atoms with Crippen LogP contribution in [0.25, 0.3) is 5.69 Å². The summed E-state index contributed by atoms with van der Waals surface area (Å²) in [6.07, 6.45) is 0. The van der Waals surface area contributed by atoms with E-state index in [0.717, 1.165) is 4.68 Å². The molecule has 2 aromatic rings. The largest absolute Gasteiger partial charge is 0.476 e. The predicted octanol–water partition coefficient (Wildman–Crippen LogP) is 0.933. The van der Waals surface area contributed by atoms with Crippen LogP contribution in [0.1, 0.15) is 16.1 Å². The van der Waals surface area contributed by atoms with Gasteiger partial charge >= 0.3 is 5.97 Å². The molecule has 0 aliphatic rings. The van der Waals surface area contributed by atoms with Crippen LogP contribution in [-0.2, 0) is 0 Å². The quantitative estimate of drug-likeness (QED) is 0.624. The van der Waals surface area contributed by atoms with Crippen LogP contribution in [0.5, 0.6) is 0 Å². The number of anilines is 1. The van der Waals surface area contributed by atoms with Gasteiger partial charge in [0.25, 0.3) is 5.69 Å². The molecule has 3 N–H and O–H groups in total. The Labute approximate surface area is 111 Å². The molecule has 0 spiro atoms. The molecule has 2 rings (SSSR count). The van der Waals surface area contributed by atoms with Crippen molar-refractivity contribution in [2.75, 3.05) is 5.73 Å². The van der Waals surface area contributed by atoms with Crippen LogP contribution in [0.2, 0.25) is 0 Å². The highest BCUT2D eigenvalue weighted by atomic mass is 16.6. The van der Waals surface area contributed by atoms with E-state index in [9.17, 15) is 14.9 Å². The fourth-order valence-electron chi connectivity index (χ4n) is 1.67. The number of aromatic carboxylic acids is 1. The van der Waals surface area contributed by atoms with Crippen LogP contribution in [0.3, 0.4) is 0 Å². The number of hydrogen-bond acceptors (Lipinski definition) is 6. The summed E-state index contributed by atoms with van der Waals surface area (Å²) in [5.74, 6) is -1.70. The number of carboxylic acids is 1. The highest BCUT2D eigenvalue weighted by Crippen LogP contribution is 2.27. The third-order valence-electron chi connectivity index (χ3n) is 2.54. The number of nitrogens with two attached hydrogens (primary N) is 1. The van der Waals surface area contributed by atoms with E-state index < -0.39 is 16.6 Å². The zero-order chi connectivity index (χ0) is 14.9. The van der Waals surface area contributed by atoms with Crippen molar-refractivity contribution in [3.8, 4) is 11.8 Å². The lowest BCUT2D eigenvalue weighted by Crippen LogP contribution is -2.06. The molecule has 9 nitrogen and oxygen atoms in total. The number of para-hydroxylation sites is 2. The van der Waals surface area contributed by atoms with Crippen molar-refractivity contribution in [1.82, 2.24) is 9.78 Å². The minimum absolute atomic E-state index is 0.0148. The Morgan fingerprint density at radius 1 is 1.50 bits per heavy atom. The fourth-order valence-corrected chi connectivity index (χ4v) is 1.67. The van der Waals surface area contributed by atoms with Gasteiger partial charge in [-0.05, 0) is 6.07 Å². The molecule has 0 fully saturated rings. The molecule has 0 amide bonds. The molecule has 0 saturated carbocycles. The normalized spacial score (nSPS) is 9.95. The van der Waals surface area contributed by atoms with Gasteiger partial charge in [-0.3, -0.25) is 10.1 Å². The maximum atomic E-state index is 11.0. The second-order valence-corrected chi connectivity index (χ2v) is 3.68. The maximum absolute atomic E-state index is 11.0. The number of nitriles is 1. The van der Waals surface area contributed by atoms with Crippen LogP contribution in [-0.4, -0.2) is 25.8 Å². The van der Waals surface area contributed by atoms with E-state index in [1.165, 1.54) is 24.3 Å². The minimum atomic E-state index is -1.44. The van der Waals surface area contributed by atoms with Crippen molar-refractivity contribution in [2.45, 2.75) is 0 Å². The topological polar surface area (TPSA) is 148 Å². The number of aromatic nitrogens is 2. The third-order valence-corrected chi connectivity index (χ3v) is 2.54. The third kappa shape index (κ3) is 1.91. The van der Waals surface area contributed by atoms with E-state index >= 15 is 0 Å². The van der Waals surface area contributed by atoms with Crippen LogP contribution in [0.15, 0.2) is 24.3 Å². The van der Waals surface area contributed by atoms with Gasteiger partial charge in [-0.25, -0.2) is 9.48 Å². The van der Waals surface area contributed by atoms with E-state index in [4.69, 9.17) is 16.1 Å². The number of rotatable bonds is 3. The van der Waals surface area contributed by atoms with Crippen molar-refractivity contribution >= 4 is 17.5 Å². The lowest BCUT2D eigenvalue weighted by molar-refractivity contribution is -0.384. The van der Waals surface area contributed by atoms with Crippen molar-refractivity contribution in [1.29, 1.82) is 5.26 Å². The van der Waals surface area contributed by atoms with Crippen LogP contribution < -0.4 is 5.73 Å². The molecule has 1 aromatic heterocycles. The Morgan fingerprint density at radius 2 is 2.15 bits per heavy atom. The van der Waals surface area contributed by atoms with Crippen LogP contribution >= 0.6 is 0 Å². The molecule has 0 atom stereocenters. The van der Waals surface area contributed by atoms with E-state index in [-0.39, 0.29) is 22.8 Å². The summed E-state index contributed by atoms with van der Waals surface area (Å²) >= 11 is 0. The molecule has 9 heteroatoms. The summed E-state index contributed by atoms with van der Waals surface area (Å²) in [6, 6.07) is 7.16. The summed E-state index contributed by atoms with van der Waals surface area (Å²) in [4.78, 5) is 21.3. The molecule has 0 saturated heterocycles. The SMILES string of the molecule is N#Cc1c(C(=O)O)nn(-c2ccccc2[N+](=O)[O-])c1N. The molecule has 0 radical (unpaired) electrons. The molecular weight excluding hydrogens is 266 g/mol. The number of nitrogen functional groups attached to an aromatic ring is 1. The molecule has 1 heterocycles. The first kappa shape index (κ1) is 13.0. The van der Waals surface area contributed by atoms with Crippen molar-refractivity contribution in [3.63, 3.8) is 0 Å². The van der Waals surface area contributed by atoms with Crippen molar-refractivity contribution in [2.24, 2.45) is 0 Å². The zero-order valence-corrected chi connectivity index (χ0v) is 9.85. The lowest BCUT2D eigenvalue weighted by atomic mass is 10.2. The number of nitro benzene ring substituents is 1. The molecule has 0 unspecified atom stereocenters. The van der Waals surface area contributed by atoms with Crippen LogP contribution in [0, 0.1) is 21.4 Å². The average molecular weight is 273 g/mol. The molecule has 0 aliphatic heterocycles. The van der Waals surface area contributed by atoms with Crippen molar-refractivity contribution < 1.29 is 14.8 Å². The molecule has 20 heavy (non-hydrogen) atoms. The standard InChI is InChI=1S/C11H7N5O4/c12-5-6-9(11(17)18)14-15(10(6)13)7-3-1-2-4-8(7)16(19)20/h1-4H,13H2,(H,17,18). The van der Waals surface area contributed by atoms with Gasteiger partial charge in [0.2, 0.25) is 0 Å². The summed E-state index contributed by atoms with van der Waals surface area (Å²) in [7, 11) is 0. The van der Waals surface area contributed by atoms with Crippen molar-refractivity contribution in [3.05, 3.63) is 45.6 Å². The molecule has 0 aliphatic carbocycles. The summed E-state index contributed by atoms with van der Waals surface area (Å²) in [5, 5.41) is 32.5. The summed E-state index contributed by atoms with van der Waals surface area (Å²) < 4.78 is 0.875. The molecular formula is C11H7N5O4. The average Bonchev–Trinajstić information content (AvgIpc) is 2.75. The van der Waals surface area contributed by atoms with Crippen LogP contribution in [0.4, 0.5) is 11.5 Å². The number of carboxylic acid groups (broad SMARTS) is 1. The van der Waals surface area contributed by atoms with E-state index in [1.54, 1.807) is 6.07 Å². The van der Waals surface area contributed by atoms with Gasteiger partial charge in [0.05, 0.1) is 4.92 Å². The number of carbonyl (C=O) groups is 1. The highest BCUT2D eigenvalue weighted by Gasteiger charge is 2.25. The first-order valence-electron chi connectivity index (χ1n) is 5.23. The molecule has 0 bridgehead atoms. The van der Waals surface area contributed by atoms with Gasteiger partial charge in [0.1, 0.15) is 23.1 Å². The Morgan fingerprint density at radius 3 is 2.65 bits per heavy atom. The Bertz CT molecular complexity index is 759. The summed E-state index contributed by atoms with van der Waals surface area (Å²) in [5.41, 5.74) is 4.44. The van der Waals surface area contributed by atoms with Gasteiger partial charge in [-0.1, -0.05) is 12.1 Å². The number of nitrogens with zero attached hydrogens (tertiary/aromatic N) is 4. The number of nitro groups is 1. The van der Waals surface area contributed by atoms with Gasteiger partial charge < -0.3 is 10.8 Å². The van der Waals surface area contributed by atoms with Gasteiger partial charge in [-0.15, -0.1) is 0 Å². The second kappa shape index (κ2) is 4.69. The fraction of sp³-hybridized carbons (Fsp3) is 0. The predicted molar refractivity (Wildman–Crippen MR) is 66.3 cm³/mol. The van der Waals surface area contributed by atoms with E-state index in [1.807, 2.05) is 0 Å². The second-order valence-electron chi connectivity index (χ2n) is 3.68. The monoisotopic (exact) mass is 273 g/mol. The first-order chi connectivity index (χ1) is 9.47. The van der Waals surface area contributed by atoms with E-state index in [0.29, 0.717) is 0 Å². The highest BCUT2D eigenvalue weighted by molar-refractivity contribution is 5.90.